The van der Waals surface area contributed by atoms with Crippen molar-refractivity contribution >= 4 is 17.9 Å². The Morgan fingerprint density at radius 3 is 2.10 bits per heavy atom. The number of rotatable bonds is 12. The predicted octanol–water partition coefficient (Wildman–Crippen LogP) is 5.75. The molecule has 0 radical (unpaired) electrons. The van der Waals surface area contributed by atoms with Crippen LogP contribution < -0.4 is 10.6 Å². The molecule has 2 aromatic carbocycles. The Morgan fingerprint density at radius 1 is 0.900 bits per heavy atom. The fourth-order valence-electron chi connectivity index (χ4n) is 4.49. The van der Waals surface area contributed by atoms with Gasteiger partial charge in [-0.25, -0.2) is 4.79 Å². The lowest BCUT2D eigenvalue weighted by molar-refractivity contribution is -0.145. The molecule has 0 heterocycles. The first-order valence-electron chi connectivity index (χ1n) is 14.1. The molecule has 0 spiro atoms. The molecular weight excluding hydrogens is 506 g/mol. The highest BCUT2D eigenvalue weighted by molar-refractivity contribution is 5.92. The van der Waals surface area contributed by atoms with E-state index in [-0.39, 0.29) is 30.2 Å². The third-order valence-corrected chi connectivity index (χ3v) is 6.31. The zero-order valence-corrected chi connectivity index (χ0v) is 25.2. The van der Waals surface area contributed by atoms with E-state index >= 15 is 0 Å². The van der Waals surface area contributed by atoms with Gasteiger partial charge in [-0.1, -0.05) is 56.3 Å². The lowest BCUT2D eigenvalue weighted by Gasteiger charge is -2.39. The number of hydrogen-bond donors (Lipinski definition) is 3. The summed E-state index contributed by atoms with van der Waals surface area (Å²) in [7, 11) is 0. The van der Waals surface area contributed by atoms with Gasteiger partial charge in [0.15, 0.2) is 0 Å². The minimum atomic E-state index is -1.03. The molecule has 0 aliphatic carbocycles. The number of amides is 3. The molecule has 40 heavy (non-hydrogen) atoms. The number of carbonyl (C=O) groups is 3. The second-order valence-electron chi connectivity index (χ2n) is 12.1. The van der Waals surface area contributed by atoms with Gasteiger partial charge in [0.2, 0.25) is 11.8 Å². The number of carbonyl (C=O) groups excluding carboxylic acids is 3. The average Bonchev–Trinajstić information content (AvgIpc) is 2.84. The maximum Gasteiger partial charge on any atom is 0.408 e. The predicted molar refractivity (Wildman–Crippen MR) is 158 cm³/mol. The standard InChI is InChI=1S/C32H47N3O5/c1-21(2)17-18-23(5)35(28(29(37)33-22(3)4)25-15-12-16-26(36)20-25)30(38)27(19-24-13-10-9-11-14-24)34-31(39)40-32(6,7)8/h9-16,20-23,27-28,36H,17-19H2,1-8H3,(H,33,37)(H,34,39). The summed E-state index contributed by atoms with van der Waals surface area (Å²) in [4.78, 5) is 42.8. The number of hydrogen-bond acceptors (Lipinski definition) is 5. The van der Waals surface area contributed by atoms with Gasteiger partial charge in [0.1, 0.15) is 23.4 Å². The molecule has 2 rings (SSSR count). The van der Waals surface area contributed by atoms with Crippen molar-refractivity contribution in [1.82, 2.24) is 15.5 Å². The monoisotopic (exact) mass is 553 g/mol. The van der Waals surface area contributed by atoms with Gasteiger partial charge in [-0.05, 0) is 83.6 Å². The van der Waals surface area contributed by atoms with Gasteiger partial charge in [-0.3, -0.25) is 9.59 Å². The first-order chi connectivity index (χ1) is 18.7. The molecule has 0 bridgehead atoms. The topological polar surface area (TPSA) is 108 Å². The molecule has 8 nitrogen and oxygen atoms in total. The molecule has 0 saturated carbocycles. The van der Waals surface area contributed by atoms with Crippen LogP contribution in [-0.2, 0) is 20.7 Å². The number of nitrogens with zero attached hydrogens (tertiary/aromatic N) is 1. The maximum absolute atomic E-state index is 14.5. The highest BCUT2D eigenvalue weighted by atomic mass is 16.6. The van der Waals surface area contributed by atoms with Crippen molar-refractivity contribution in [2.24, 2.45) is 5.92 Å². The molecular formula is C32H47N3O5. The molecule has 3 amide bonds. The Labute approximate surface area is 239 Å². The normalized spacial score (nSPS) is 13.8. The van der Waals surface area contributed by atoms with Crippen molar-refractivity contribution < 1.29 is 24.2 Å². The molecule has 3 unspecified atom stereocenters. The molecule has 0 aliphatic heterocycles. The third kappa shape index (κ3) is 10.5. The Balaban J connectivity index is 2.63. The minimum Gasteiger partial charge on any atom is -0.508 e. The fourth-order valence-corrected chi connectivity index (χ4v) is 4.49. The van der Waals surface area contributed by atoms with E-state index in [1.165, 1.54) is 12.1 Å². The van der Waals surface area contributed by atoms with Crippen molar-refractivity contribution in [2.75, 3.05) is 0 Å². The van der Waals surface area contributed by atoms with E-state index in [2.05, 4.69) is 24.5 Å². The average molecular weight is 554 g/mol. The zero-order chi connectivity index (χ0) is 30.0. The van der Waals surface area contributed by atoms with E-state index in [0.717, 1.165) is 12.0 Å². The summed E-state index contributed by atoms with van der Waals surface area (Å²) in [5.41, 5.74) is 0.585. The lowest BCUT2D eigenvalue weighted by atomic mass is 9.95. The van der Waals surface area contributed by atoms with Crippen LogP contribution in [0.15, 0.2) is 54.6 Å². The van der Waals surface area contributed by atoms with E-state index < -0.39 is 29.7 Å². The van der Waals surface area contributed by atoms with E-state index in [4.69, 9.17) is 4.74 Å². The SMILES string of the molecule is CC(C)CCC(C)N(C(=O)C(Cc1ccccc1)NC(=O)OC(C)(C)C)C(C(=O)NC(C)C)c1cccc(O)c1. The van der Waals surface area contributed by atoms with Crippen molar-refractivity contribution in [3.8, 4) is 5.75 Å². The van der Waals surface area contributed by atoms with Crippen LogP contribution in [0.3, 0.4) is 0 Å². The quantitative estimate of drug-likeness (QED) is 0.310. The van der Waals surface area contributed by atoms with Gasteiger partial charge in [-0.2, -0.15) is 0 Å². The number of ether oxygens (including phenoxy) is 1. The van der Waals surface area contributed by atoms with Crippen molar-refractivity contribution in [2.45, 2.75) is 104 Å². The molecule has 0 aliphatic rings. The Bertz CT molecular complexity index is 1110. The molecule has 0 saturated heterocycles. The van der Waals surface area contributed by atoms with Crippen LogP contribution in [0.2, 0.25) is 0 Å². The summed E-state index contributed by atoms with van der Waals surface area (Å²) in [5.74, 6) is -0.378. The Hall–Kier alpha value is -3.55. The molecule has 2 aromatic rings. The second-order valence-corrected chi connectivity index (χ2v) is 12.1. The van der Waals surface area contributed by atoms with Gasteiger partial charge in [0.05, 0.1) is 0 Å². The van der Waals surface area contributed by atoms with E-state index in [9.17, 15) is 19.5 Å². The van der Waals surface area contributed by atoms with Gasteiger partial charge in [0.25, 0.3) is 0 Å². The largest absolute Gasteiger partial charge is 0.508 e. The van der Waals surface area contributed by atoms with Crippen molar-refractivity contribution in [3.63, 3.8) is 0 Å². The number of nitrogens with one attached hydrogen (secondary N) is 2. The molecule has 8 heteroatoms. The summed E-state index contributed by atoms with van der Waals surface area (Å²) >= 11 is 0. The van der Waals surface area contributed by atoms with Gasteiger partial charge >= 0.3 is 6.09 Å². The molecule has 3 N–H and O–H groups in total. The smallest absolute Gasteiger partial charge is 0.408 e. The second kappa shape index (κ2) is 14.7. The maximum atomic E-state index is 14.5. The van der Waals surface area contributed by atoms with Gasteiger partial charge in [-0.15, -0.1) is 0 Å². The van der Waals surface area contributed by atoms with E-state index in [0.29, 0.717) is 17.9 Å². The summed E-state index contributed by atoms with van der Waals surface area (Å²) in [6.45, 7) is 15.1. The first-order valence-corrected chi connectivity index (χ1v) is 14.1. The summed E-state index contributed by atoms with van der Waals surface area (Å²) < 4.78 is 5.50. The van der Waals surface area contributed by atoms with Crippen molar-refractivity contribution in [1.29, 1.82) is 0 Å². The number of phenolic OH excluding ortho intramolecular Hbond substituents is 1. The fraction of sp³-hybridized carbons (Fsp3) is 0.531. The van der Waals surface area contributed by atoms with Crippen LogP contribution in [0.5, 0.6) is 5.75 Å². The lowest BCUT2D eigenvalue weighted by Crippen LogP contribution is -2.56. The van der Waals surface area contributed by atoms with Gasteiger partial charge < -0.3 is 25.4 Å². The van der Waals surface area contributed by atoms with Crippen LogP contribution in [0.1, 0.15) is 85.4 Å². The van der Waals surface area contributed by atoms with Crippen LogP contribution in [0.4, 0.5) is 4.79 Å². The minimum absolute atomic E-state index is 0.00482. The van der Waals surface area contributed by atoms with Crippen LogP contribution in [0, 0.1) is 5.92 Å². The van der Waals surface area contributed by atoms with Crippen LogP contribution in [0.25, 0.3) is 0 Å². The molecule has 3 atom stereocenters. The zero-order valence-electron chi connectivity index (χ0n) is 25.2. The van der Waals surface area contributed by atoms with Crippen LogP contribution >= 0.6 is 0 Å². The van der Waals surface area contributed by atoms with Crippen molar-refractivity contribution in [3.05, 3.63) is 65.7 Å². The summed E-state index contributed by atoms with van der Waals surface area (Å²) in [6, 6.07) is 13.3. The highest BCUT2D eigenvalue weighted by Crippen LogP contribution is 2.30. The molecule has 0 fully saturated rings. The van der Waals surface area contributed by atoms with E-state index in [1.807, 2.05) is 51.1 Å². The third-order valence-electron chi connectivity index (χ3n) is 6.31. The molecule has 220 valence electrons. The summed E-state index contributed by atoms with van der Waals surface area (Å²) in [5, 5.41) is 16.0. The molecule has 0 aromatic heterocycles. The van der Waals surface area contributed by atoms with E-state index in [1.54, 1.807) is 37.8 Å². The number of benzene rings is 2. The van der Waals surface area contributed by atoms with Crippen LogP contribution in [-0.4, -0.2) is 51.6 Å². The Morgan fingerprint density at radius 2 is 1.55 bits per heavy atom. The first kappa shape index (κ1) is 32.7. The number of phenols is 1. The number of aromatic hydroxyl groups is 1. The Kier molecular flexibility index (Phi) is 12.0. The summed E-state index contributed by atoms with van der Waals surface area (Å²) in [6.07, 6.45) is 0.993. The highest BCUT2D eigenvalue weighted by Gasteiger charge is 2.39. The van der Waals surface area contributed by atoms with Gasteiger partial charge in [0, 0.05) is 18.5 Å². The number of alkyl carbamates (subject to hydrolysis) is 1.